The van der Waals surface area contributed by atoms with Gasteiger partial charge in [0.05, 0.1) is 5.56 Å². The number of fused-ring (bicyclic) bond motifs is 2. The first-order valence-corrected chi connectivity index (χ1v) is 10.9. The van der Waals surface area contributed by atoms with Crippen LogP contribution in [0.4, 0.5) is 4.39 Å². The van der Waals surface area contributed by atoms with Crippen LogP contribution in [0, 0.1) is 5.82 Å². The molecule has 0 aliphatic carbocycles. The van der Waals surface area contributed by atoms with Crippen molar-refractivity contribution in [3.05, 3.63) is 95.3 Å². The minimum Gasteiger partial charge on any atom is -0.478 e. The van der Waals surface area contributed by atoms with Crippen molar-refractivity contribution in [2.24, 2.45) is 0 Å². The van der Waals surface area contributed by atoms with Crippen molar-refractivity contribution in [2.75, 3.05) is 13.1 Å². The molecule has 0 aromatic heterocycles. The molecule has 5 nitrogen and oxygen atoms in total. The summed E-state index contributed by atoms with van der Waals surface area (Å²) < 4.78 is 20.5. The van der Waals surface area contributed by atoms with Crippen molar-refractivity contribution in [3.8, 4) is 11.5 Å². The second-order valence-corrected chi connectivity index (χ2v) is 8.57. The minimum absolute atomic E-state index is 0.239. The molecule has 2 bridgehead atoms. The van der Waals surface area contributed by atoms with Gasteiger partial charge in [0.2, 0.25) is 0 Å². The Morgan fingerprint density at radius 3 is 2.22 bits per heavy atom. The highest BCUT2D eigenvalue weighted by molar-refractivity contribution is 5.87. The molecule has 2 fully saturated rings. The van der Waals surface area contributed by atoms with Gasteiger partial charge in [-0.05, 0) is 42.3 Å². The van der Waals surface area contributed by atoms with Crippen molar-refractivity contribution in [2.45, 2.75) is 31.6 Å². The number of hydrogen-bond donors (Lipinski definition) is 1. The fraction of sp³-hybridized carbons (Fsp3) is 0.269. The zero-order chi connectivity index (χ0) is 22.1. The van der Waals surface area contributed by atoms with Gasteiger partial charge in [-0.3, -0.25) is 9.80 Å². The van der Waals surface area contributed by atoms with E-state index < -0.39 is 5.97 Å². The summed E-state index contributed by atoms with van der Waals surface area (Å²) in [5, 5.41) is 9.05. The molecule has 3 aromatic carbocycles. The van der Waals surface area contributed by atoms with Crippen LogP contribution >= 0.6 is 0 Å². The second-order valence-electron chi connectivity index (χ2n) is 8.57. The molecular weight excluding hydrogens is 407 g/mol. The Morgan fingerprint density at radius 1 is 0.906 bits per heavy atom. The maximum absolute atomic E-state index is 14.7. The summed E-state index contributed by atoms with van der Waals surface area (Å²) >= 11 is 0. The molecule has 6 heteroatoms. The summed E-state index contributed by atoms with van der Waals surface area (Å²) in [6, 6.07) is 22.4. The number of rotatable bonds is 7. The SMILES string of the molecule is O=C(O)c1ccc(CN2C[C@@H]3C[C@H]2CN3Cc2ccc(Oc3ccccc3)cc2F)cc1. The first-order valence-electron chi connectivity index (χ1n) is 10.9. The van der Waals surface area contributed by atoms with Crippen molar-refractivity contribution in [3.63, 3.8) is 0 Å². The highest BCUT2D eigenvalue weighted by atomic mass is 19.1. The molecule has 0 radical (unpaired) electrons. The Bertz CT molecular complexity index is 1100. The van der Waals surface area contributed by atoms with E-state index in [0.29, 0.717) is 41.3 Å². The molecule has 32 heavy (non-hydrogen) atoms. The third kappa shape index (κ3) is 4.38. The molecule has 3 aromatic rings. The van der Waals surface area contributed by atoms with E-state index in [0.717, 1.165) is 31.6 Å². The fourth-order valence-corrected chi connectivity index (χ4v) is 4.77. The number of aromatic carboxylic acids is 1. The maximum atomic E-state index is 14.7. The number of halogens is 1. The van der Waals surface area contributed by atoms with E-state index in [1.54, 1.807) is 12.1 Å². The predicted octanol–water partition coefficient (Wildman–Crippen LogP) is 4.77. The molecule has 0 saturated carbocycles. The average Bonchev–Trinajstić information content (AvgIpc) is 3.37. The number of hydrogen-bond acceptors (Lipinski definition) is 4. The number of carboxylic acids is 1. The Hall–Kier alpha value is -3.22. The summed E-state index contributed by atoms with van der Waals surface area (Å²) in [4.78, 5) is 15.8. The lowest BCUT2D eigenvalue weighted by atomic mass is 10.1. The molecule has 0 amide bonds. The number of nitrogens with zero attached hydrogens (tertiary/aromatic N) is 2. The Balaban J connectivity index is 1.17. The number of para-hydroxylation sites is 1. The first-order chi connectivity index (χ1) is 15.5. The molecule has 2 heterocycles. The van der Waals surface area contributed by atoms with Gasteiger partial charge in [0, 0.05) is 49.9 Å². The van der Waals surface area contributed by atoms with Crippen molar-refractivity contribution < 1.29 is 19.0 Å². The van der Waals surface area contributed by atoms with Gasteiger partial charge in [-0.2, -0.15) is 0 Å². The highest BCUT2D eigenvalue weighted by Gasteiger charge is 2.42. The molecular formula is C26H25FN2O3. The highest BCUT2D eigenvalue weighted by Crippen LogP contribution is 2.34. The van der Waals surface area contributed by atoms with Crippen LogP contribution in [0.25, 0.3) is 0 Å². The molecule has 164 valence electrons. The third-order valence-electron chi connectivity index (χ3n) is 6.43. The van der Waals surface area contributed by atoms with Crippen LogP contribution in [0.2, 0.25) is 0 Å². The summed E-state index contributed by atoms with van der Waals surface area (Å²) in [7, 11) is 0. The standard InChI is InChI=1S/C26H25FN2O3/c27-25-13-24(32-23-4-2-1-3-5-23)11-10-20(25)15-29-17-21-12-22(29)16-28(21)14-18-6-8-19(9-7-18)26(30)31/h1-11,13,21-22H,12,14-17H2,(H,30,31)/t21-,22-/m0/s1. The van der Waals surface area contributed by atoms with Crippen LogP contribution in [0.15, 0.2) is 72.8 Å². The lowest BCUT2D eigenvalue weighted by molar-refractivity contribution is 0.0697. The lowest BCUT2D eigenvalue weighted by Crippen LogP contribution is -2.45. The zero-order valence-electron chi connectivity index (χ0n) is 17.7. The molecule has 1 N–H and O–H groups in total. The summed E-state index contributed by atoms with van der Waals surface area (Å²) in [5.41, 5.74) is 2.12. The van der Waals surface area contributed by atoms with Crippen molar-refractivity contribution >= 4 is 5.97 Å². The molecule has 2 aliphatic heterocycles. The number of likely N-dealkylation sites (tertiary alicyclic amines) is 2. The van der Waals surface area contributed by atoms with E-state index in [1.165, 1.54) is 6.07 Å². The van der Waals surface area contributed by atoms with Crippen LogP contribution in [0.3, 0.4) is 0 Å². The lowest BCUT2D eigenvalue weighted by Gasteiger charge is -2.34. The van der Waals surface area contributed by atoms with Gasteiger partial charge in [0.1, 0.15) is 17.3 Å². The van der Waals surface area contributed by atoms with Gasteiger partial charge in [0.25, 0.3) is 0 Å². The summed E-state index contributed by atoms with van der Waals surface area (Å²) in [5.74, 6) is 0.0468. The quantitative estimate of drug-likeness (QED) is 0.583. The van der Waals surface area contributed by atoms with Gasteiger partial charge < -0.3 is 9.84 Å². The number of ether oxygens (including phenoxy) is 1. The molecule has 0 unspecified atom stereocenters. The normalized spacial score (nSPS) is 20.5. The molecule has 0 spiro atoms. The zero-order valence-corrected chi connectivity index (χ0v) is 17.7. The first kappa shape index (κ1) is 20.7. The van der Waals surface area contributed by atoms with Crippen LogP contribution in [0.1, 0.15) is 27.9 Å². The van der Waals surface area contributed by atoms with Gasteiger partial charge in [0.15, 0.2) is 0 Å². The van der Waals surface area contributed by atoms with Gasteiger partial charge in [-0.15, -0.1) is 0 Å². The van der Waals surface area contributed by atoms with E-state index in [2.05, 4.69) is 9.80 Å². The van der Waals surface area contributed by atoms with Gasteiger partial charge in [-0.25, -0.2) is 9.18 Å². The molecule has 2 saturated heterocycles. The van der Waals surface area contributed by atoms with E-state index in [1.807, 2.05) is 54.6 Å². The van der Waals surface area contributed by atoms with E-state index in [-0.39, 0.29) is 5.82 Å². The van der Waals surface area contributed by atoms with Crippen molar-refractivity contribution in [1.82, 2.24) is 9.80 Å². The number of piperazine rings is 1. The number of benzene rings is 3. The third-order valence-corrected chi connectivity index (χ3v) is 6.43. The number of carboxylic acid groups (broad SMARTS) is 1. The predicted molar refractivity (Wildman–Crippen MR) is 119 cm³/mol. The second kappa shape index (κ2) is 8.73. The average molecular weight is 432 g/mol. The monoisotopic (exact) mass is 432 g/mol. The number of carbonyl (C=O) groups is 1. The molecule has 2 aliphatic rings. The van der Waals surface area contributed by atoms with Crippen LogP contribution < -0.4 is 4.74 Å². The topological polar surface area (TPSA) is 53.0 Å². The fourth-order valence-electron chi connectivity index (χ4n) is 4.77. The summed E-state index contributed by atoms with van der Waals surface area (Å²) in [6.45, 7) is 3.27. The summed E-state index contributed by atoms with van der Waals surface area (Å²) in [6.07, 6.45) is 1.09. The smallest absolute Gasteiger partial charge is 0.335 e. The van der Waals surface area contributed by atoms with E-state index in [4.69, 9.17) is 9.84 Å². The van der Waals surface area contributed by atoms with Gasteiger partial charge in [-0.1, -0.05) is 36.4 Å². The van der Waals surface area contributed by atoms with E-state index in [9.17, 15) is 9.18 Å². The Morgan fingerprint density at radius 2 is 1.59 bits per heavy atom. The van der Waals surface area contributed by atoms with Crippen molar-refractivity contribution in [1.29, 1.82) is 0 Å². The van der Waals surface area contributed by atoms with Crippen LogP contribution in [-0.4, -0.2) is 46.0 Å². The van der Waals surface area contributed by atoms with Crippen LogP contribution in [0.5, 0.6) is 11.5 Å². The minimum atomic E-state index is -0.903. The van der Waals surface area contributed by atoms with Gasteiger partial charge >= 0.3 is 5.97 Å². The van der Waals surface area contributed by atoms with Crippen LogP contribution in [-0.2, 0) is 13.1 Å². The Labute approximate surface area is 186 Å². The molecule has 2 atom stereocenters. The molecule has 5 rings (SSSR count). The maximum Gasteiger partial charge on any atom is 0.335 e. The largest absolute Gasteiger partial charge is 0.478 e. The van der Waals surface area contributed by atoms with E-state index >= 15 is 0 Å². The Kier molecular flexibility index (Phi) is 5.64.